The fourth-order valence-electron chi connectivity index (χ4n) is 1.35. The lowest BCUT2D eigenvalue weighted by Gasteiger charge is -2.25. The SMILES string of the molecule is CCC(O)(CC)CNC(=O)c1nccnc1N. The van der Waals surface area contributed by atoms with Crippen LogP contribution in [0.25, 0.3) is 0 Å². The molecule has 0 aliphatic carbocycles. The third kappa shape index (κ3) is 3.39. The number of hydrogen-bond acceptors (Lipinski definition) is 5. The van der Waals surface area contributed by atoms with Crippen molar-refractivity contribution in [3.05, 3.63) is 18.1 Å². The summed E-state index contributed by atoms with van der Waals surface area (Å²) in [6, 6.07) is 0. The molecule has 17 heavy (non-hydrogen) atoms. The Morgan fingerprint density at radius 3 is 2.53 bits per heavy atom. The first-order chi connectivity index (χ1) is 8.02. The van der Waals surface area contributed by atoms with Gasteiger partial charge >= 0.3 is 0 Å². The second-order valence-electron chi connectivity index (χ2n) is 3.90. The maximum Gasteiger partial charge on any atom is 0.273 e. The van der Waals surface area contributed by atoms with Crippen molar-refractivity contribution in [2.24, 2.45) is 0 Å². The molecule has 6 nitrogen and oxygen atoms in total. The van der Waals surface area contributed by atoms with E-state index in [1.54, 1.807) is 0 Å². The predicted octanol–water partition coefficient (Wildman–Crippen LogP) is 0.340. The summed E-state index contributed by atoms with van der Waals surface area (Å²) in [5.74, 6) is -0.336. The van der Waals surface area contributed by atoms with E-state index in [4.69, 9.17) is 5.73 Å². The van der Waals surface area contributed by atoms with Gasteiger partial charge in [0.1, 0.15) is 0 Å². The molecule has 0 spiro atoms. The summed E-state index contributed by atoms with van der Waals surface area (Å²) in [5, 5.41) is 12.6. The van der Waals surface area contributed by atoms with Crippen LogP contribution in [0.1, 0.15) is 37.2 Å². The summed E-state index contributed by atoms with van der Waals surface area (Å²) in [6.07, 6.45) is 3.96. The second-order valence-corrected chi connectivity index (χ2v) is 3.90. The lowest BCUT2D eigenvalue weighted by molar-refractivity contribution is 0.0313. The number of amides is 1. The van der Waals surface area contributed by atoms with Gasteiger partial charge in [-0.1, -0.05) is 13.8 Å². The molecule has 4 N–H and O–H groups in total. The first-order valence-corrected chi connectivity index (χ1v) is 5.59. The van der Waals surface area contributed by atoms with Crippen LogP contribution in [-0.4, -0.2) is 33.1 Å². The van der Waals surface area contributed by atoms with E-state index in [2.05, 4.69) is 15.3 Å². The minimum atomic E-state index is -0.882. The highest BCUT2D eigenvalue weighted by atomic mass is 16.3. The van der Waals surface area contributed by atoms with E-state index in [0.717, 1.165) is 0 Å². The van der Waals surface area contributed by atoms with Gasteiger partial charge < -0.3 is 16.2 Å². The molecule has 0 aliphatic rings. The van der Waals surface area contributed by atoms with Crippen LogP contribution >= 0.6 is 0 Å². The molecular formula is C11H18N4O2. The van der Waals surface area contributed by atoms with Gasteiger partial charge in [-0.2, -0.15) is 0 Å². The summed E-state index contributed by atoms with van der Waals surface area (Å²) in [4.78, 5) is 19.4. The normalized spacial score (nSPS) is 11.2. The van der Waals surface area contributed by atoms with Crippen LogP contribution in [0.4, 0.5) is 5.82 Å². The van der Waals surface area contributed by atoms with E-state index in [9.17, 15) is 9.90 Å². The monoisotopic (exact) mass is 238 g/mol. The summed E-state index contributed by atoms with van der Waals surface area (Å²) in [5.41, 5.74) is 4.73. The number of aliphatic hydroxyl groups is 1. The number of aromatic nitrogens is 2. The number of anilines is 1. The maximum atomic E-state index is 11.7. The molecular weight excluding hydrogens is 220 g/mol. The minimum Gasteiger partial charge on any atom is -0.388 e. The van der Waals surface area contributed by atoms with Crippen molar-refractivity contribution >= 4 is 11.7 Å². The smallest absolute Gasteiger partial charge is 0.273 e. The van der Waals surface area contributed by atoms with E-state index in [1.165, 1.54) is 12.4 Å². The van der Waals surface area contributed by atoms with E-state index < -0.39 is 11.5 Å². The van der Waals surface area contributed by atoms with Gasteiger partial charge in [0.15, 0.2) is 11.5 Å². The number of carbonyl (C=O) groups excluding carboxylic acids is 1. The van der Waals surface area contributed by atoms with Crippen molar-refractivity contribution in [2.75, 3.05) is 12.3 Å². The lowest BCUT2D eigenvalue weighted by atomic mass is 9.97. The molecule has 1 aromatic heterocycles. The maximum absolute atomic E-state index is 11.7. The molecule has 1 heterocycles. The van der Waals surface area contributed by atoms with Crippen LogP contribution in [0, 0.1) is 0 Å². The summed E-state index contributed by atoms with van der Waals surface area (Å²) in [6.45, 7) is 3.91. The van der Waals surface area contributed by atoms with E-state index in [-0.39, 0.29) is 18.1 Å². The van der Waals surface area contributed by atoms with Crippen molar-refractivity contribution in [3.63, 3.8) is 0 Å². The van der Waals surface area contributed by atoms with Gasteiger partial charge in [0.05, 0.1) is 5.60 Å². The molecule has 0 aromatic carbocycles. The number of hydrogen-bond donors (Lipinski definition) is 3. The van der Waals surface area contributed by atoms with Crippen molar-refractivity contribution in [1.82, 2.24) is 15.3 Å². The highest BCUT2D eigenvalue weighted by molar-refractivity contribution is 5.96. The molecule has 0 saturated carbocycles. The van der Waals surface area contributed by atoms with E-state index >= 15 is 0 Å². The van der Waals surface area contributed by atoms with Crippen LogP contribution < -0.4 is 11.1 Å². The van der Waals surface area contributed by atoms with Crippen LogP contribution in [0.15, 0.2) is 12.4 Å². The van der Waals surface area contributed by atoms with Crippen LogP contribution in [-0.2, 0) is 0 Å². The molecule has 1 aromatic rings. The molecule has 0 aliphatic heterocycles. The van der Waals surface area contributed by atoms with Crippen molar-refractivity contribution < 1.29 is 9.90 Å². The summed E-state index contributed by atoms with van der Waals surface area (Å²) >= 11 is 0. The Bertz CT molecular complexity index is 391. The molecule has 0 saturated heterocycles. The zero-order valence-corrected chi connectivity index (χ0v) is 10.1. The molecule has 0 radical (unpaired) electrons. The third-order valence-corrected chi connectivity index (χ3v) is 2.84. The molecule has 0 unspecified atom stereocenters. The molecule has 0 fully saturated rings. The second kappa shape index (κ2) is 5.58. The van der Waals surface area contributed by atoms with Gasteiger partial charge in [-0.05, 0) is 12.8 Å². The summed E-state index contributed by atoms with van der Waals surface area (Å²) in [7, 11) is 0. The number of nitrogens with two attached hydrogens (primary N) is 1. The van der Waals surface area contributed by atoms with Crippen LogP contribution in [0.5, 0.6) is 0 Å². The number of carbonyl (C=O) groups is 1. The van der Waals surface area contributed by atoms with Crippen molar-refractivity contribution in [1.29, 1.82) is 0 Å². The Labute approximate surface area is 100 Å². The Balaban J connectivity index is 2.65. The zero-order chi connectivity index (χ0) is 12.9. The fraction of sp³-hybridized carbons (Fsp3) is 0.545. The van der Waals surface area contributed by atoms with Crippen LogP contribution in [0.2, 0.25) is 0 Å². The summed E-state index contributed by atoms with van der Waals surface area (Å²) < 4.78 is 0. The Hall–Kier alpha value is -1.69. The Kier molecular flexibility index (Phi) is 4.39. The Morgan fingerprint density at radius 2 is 2.00 bits per heavy atom. The van der Waals surface area contributed by atoms with E-state index in [0.29, 0.717) is 12.8 Å². The molecule has 0 atom stereocenters. The van der Waals surface area contributed by atoms with Crippen molar-refractivity contribution in [2.45, 2.75) is 32.3 Å². The van der Waals surface area contributed by atoms with Gasteiger partial charge in [-0.3, -0.25) is 4.79 Å². The quantitative estimate of drug-likeness (QED) is 0.686. The minimum absolute atomic E-state index is 0.0848. The largest absolute Gasteiger partial charge is 0.388 e. The topological polar surface area (TPSA) is 101 Å². The number of nitrogen functional groups attached to an aromatic ring is 1. The van der Waals surface area contributed by atoms with Gasteiger partial charge in [-0.15, -0.1) is 0 Å². The molecule has 6 heteroatoms. The average Bonchev–Trinajstić information content (AvgIpc) is 2.36. The Morgan fingerprint density at radius 1 is 1.41 bits per heavy atom. The zero-order valence-electron chi connectivity index (χ0n) is 10.1. The van der Waals surface area contributed by atoms with Gasteiger partial charge in [-0.25, -0.2) is 9.97 Å². The van der Waals surface area contributed by atoms with Gasteiger partial charge in [0.25, 0.3) is 5.91 Å². The number of rotatable bonds is 5. The average molecular weight is 238 g/mol. The van der Waals surface area contributed by atoms with Crippen LogP contribution in [0.3, 0.4) is 0 Å². The van der Waals surface area contributed by atoms with Gasteiger partial charge in [0.2, 0.25) is 0 Å². The predicted molar refractivity (Wildman–Crippen MR) is 64.3 cm³/mol. The highest BCUT2D eigenvalue weighted by Gasteiger charge is 2.23. The van der Waals surface area contributed by atoms with E-state index in [1.807, 2.05) is 13.8 Å². The highest BCUT2D eigenvalue weighted by Crippen LogP contribution is 2.13. The lowest BCUT2D eigenvalue weighted by Crippen LogP contribution is -2.42. The first-order valence-electron chi connectivity index (χ1n) is 5.59. The number of nitrogens with zero attached hydrogens (tertiary/aromatic N) is 2. The standard InChI is InChI=1S/C11H18N4O2/c1-3-11(17,4-2)7-15-10(16)8-9(12)14-6-5-13-8/h5-6,17H,3-4,7H2,1-2H3,(H2,12,14)(H,15,16). The fourth-order valence-corrected chi connectivity index (χ4v) is 1.35. The number of nitrogens with one attached hydrogen (secondary N) is 1. The molecule has 1 rings (SSSR count). The van der Waals surface area contributed by atoms with Crippen molar-refractivity contribution in [3.8, 4) is 0 Å². The third-order valence-electron chi connectivity index (χ3n) is 2.84. The molecule has 0 bridgehead atoms. The van der Waals surface area contributed by atoms with Gasteiger partial charge in [0, 0.05) is 18.9 Å². The first kappa shape index (κ1) is 13.4. The molecule has 1 amide bonds. The molecule has 94 valence electrons.